The summed E-state index contributed by atoms with van der Waals surface area (Å²) in [6, 6.07) is 16.5. The van der Waals surface area contributed by atoms with Crippen molar-refractivity contribution in [2.24, 2.45) is 4.99 Å². The summed E-state index contributed by atoms with van der Waals surface area (Å²) in [7, 11) is 1.84. The summed E-state index contributed by atoms with van der Waals surface area (Å²) >= 11 is 2.04. The van der Waals surface area contributed by atoms with Crippen LogP contribution in [0.4, 0.5) is 11.4 Å². The predicted octanol–water partition coefficient (Wildman–Crippen LogP) is 2.84. The summed E-state index contributed by atoms with van der Waals surface area (Å²) < 4.78 is 0. The van der Waals surface area contributed by atoms with E-state index in [0.29, 0.717) is 5.75 Å². The molecule has 7 heteroatoms. The molecule has 4 rings (SSSR count). The Bertz CT molecular complexity index is 843. The number of aromatic hydroxyl groups is 1. The fraction of sp³-hybridized carbons (Fsp3) is 0.435. The monoisotopic (exact) mass is 425 g/mol. The van der Waals surface area contributed by atoms with Gasteiger partial charge in [-0.3, -0.25) is 4.99 Å². The topological polar surface area (TPSA) is 54.3 Å². The molecule has 6 nitrogen and oxygen atoms in total. The minimum absolute atomic E-state index is 0.347. The second-order valence-corrected chi connectivity index (χ2v) is 8.85. The Morgan fingerprint density at radius 1 is 0.933 bits per heavy atom. The summed E-state index contributed by atoms with van der Waals surface area (Å²) in [5.41, 5.74) is 3.50. The Morgan fingerprint density at radius 2 is 1.63 bits per heavy atom. The standard InChI is InChI=1S/C23H31N5OS/c1-24-23(28-12-10-27(11-13-28)21-4-2-3-5-22(21)29)25-18-19-6-8-20(9-7-19)26-14-16-30-17-15-26/h2-9,29H,10-18H2,1H3,(H,24,25). The molecule has 2 aliphatic rings. The van der Waals surface area contributed by atoms with Crippen LogP contribution < -0.4 is 15.1 Å². The number of phenols is 1. The van der Waals surface area contributed by atoms with Crippen molar-refractivity contribution in [3.05, 3.63) is 54.1 Å². The normalized spacial score (nSPS) is 17.9. The average molecular weight is 426 g/mol. The molecule has 0 unspecified atom stereocenters. The van der Waals surface area contributed by atoms with Gasteiger partial charge in [-0.1, -0.05) is 24.3 Å². The third-order valence-corrected chi connectivity index (χ3v) is 6.72. The number of nitrogens with one attached hydrogen (secondary N) is 1. The molecule has 2 N–H and O–H groups in total. The number of anilines is 2. The van der Waals surface area contributed by atoms with E-state index in [4.69, 9.17) is 0 Å². The van der Waals surface area contributed by atoms with Crippen molar-refractivity contribution in [1.29, 1.82) is 0 Å². The van der Waals surface area contributed by atoms with E-state index in [1.165, 1.54) is 22.8 Å². The number of aliphatic imine (C=N–C) groups is 1. The van der Waals surface area contributed by atoms with Gasteiger partial charge in [0.05, 0.1) is 5.69 Å². The minimum Gasteiger partial charge on any atom is -0.506 e. The molecule has 0 amide bonds. The van der Waals surface area contributed by atoms with Crippen LogP contribution in [-0.4, -0.2) is 73.8 Å². The van der Waals surface area contributed by atoms with Crippen LogP contribution in [0, 0.1) is 0 Å². The highest BCUT2D eigenvalue weighted by atomic mass is 32.2. The summed E-state index contributed by atoms with van der Waals surface area (Å²) in [4.78, 5) is 11.5. The Morgan fingerprint density at radius 3 is 2.30 bits per heavy atom. The van der Waals surface area contributed by atoms with Crippen LogP contribution >= 0.6 is 11.8 Å². The number of phenolic OH excluding ortho intramolecular Hbond substituents is 1. The van der Waals surface area contributed by atoms with E-state index in [1.54, 1.807) is 6.07 Å². The van der Waals surface area contributed by atoms with E-state index in [2.05, 4.69) is 49.3 Å². The molecule has 2 fully saturated rings. The summed E-state index contributed by atoms with van der Waals surface area (Å²) in [6.45, 7) is 6.52. The summed E-state index contributed by atoms with van der Waals surface area (Å²) in [5, 5.41) is 13.6. The highest BCUT2D eigenvalue weighted by Gasteiger charge is 2.21. The molecule has 2 aromatic carbocycles. The van der Waals surface area contributed by atoms with Gasteiger partial charge in [0.1, 0.15) is 5.75 Å². The zero-order valence-electron chi connectivity index (χ0n) is 17.6. The lowest BCUT2D eigenvalue weighted by Crippen LogP contribution is -2.52. The van der Waals surface area contributed by atoms with Crippen LogP contribution in [0.3, 0.4) is 0 Å². The van der Waals surface area contributed by atoms with Gasteiger partial charge in [0.2, 0.25) is 0 Å². The molecule has 0 aliphatic carbocycles. The molecule has 2 heterocycles. The maximum atomic E-state index is 10.1. The van der Waals surface area contributed by atoms with Crippen molar-refractivity contribution < 1.29 is 5.11 Å². The van der Waals surface area contributed by atoms with Crippen LogP contribution in [-0.2, 0) is 6.54 Å². The zero-order valence-corrected chi connectivity index (χ0v) is 18.4. The molecule has 30 heavy (non-hydrogen) atoms. The van der Waals surface area contributed by atoms with Gasteiger partial charge in [-0.2, -0.15) is 11.8 Å². The largest absolute Gasteiger partial charge is 0.506 e. The van der Waals surface area contributed by atoms with Crippen LogP contribution in [0.2, 0.25) is 0 Å². The molecule has 0 radical (unpaired) electrons. The fourth-order valence-electron chi connectivity index (χ4n) is 4.05. The zero-order chi connectivity index (χ0) is 20.8. The second-order valence-electron chi connectivity index (χ2n) is 7.63. The Labute approximate surface area is 183 Å². The molecular weight excluding hydrogens is 394 g/mol. The average Bonchev–Trinajstić information content (AvgIpc) is 2.81. The van der Waals surface area contributed by atoms with Gasteiger partial charge in [-0.05, 0) is 29.8 Å². The van der Waals surface area contributed by atoms with Crippen molar-refractivity contribution in [3.8, 4) is 5.75 Å². The van der Waals surface area contributed by atoms with Gasteiger partial charge >= 0.3 is 0 Å². The maximum Gasteiger partial charge on any atom is 0.194 e. The van der Waals surface area contributed by atoms with E-state index in [-0.39, 0.29) is 0 Å². The minimum atomic E-state index is 0.347. The smallest absolute Gasteiger partial charge is 0.194 e. The Hall–Kier alpha value is -2.54. The van der Waals surface area contributed by atoms with Crippen LogP contribution in [0.15, 0.2) is 53.5 Å². The van der Waals surface area contributed by atoms with Gasteiger partial charge in [-0.25, -0.2) is 0 Å². The lowest BCUT2D eigenvalue weighted by atomic mass is 10.2. The van der Waals surface area contributed by atoms with Crippen LogP contribution in [0.1, 0.15) is 5.56 Å². The third-order valence-electron chi connectivity index (χ3n) is 5.78. The number of piperazine rings is 1. The molecule has 160 valence electrons. The highest BCUT2D eigenvalue weighted by molar-refractivity contribution is 7.99. The molecule has 0 spiro atoms. The van der Waals surface area contributed by atoms with Gasteiger partial charge in [-0.15, -0.1) is 0 Å². The predicted molar refractivity (Wildman–Crippen MR) is 128 cm³/mol. The number of benzene rings is 2. The van der Waals surface area contributed by atoms with Crippen LogP contribution in [0.5, 0.6) is 5.75 Å². The molecule has 2 aliphatic heterocycles. The first-order valence-electron chi connectivity index (χ1n) is 10.6. The third kappa shape index (κ3) is 4.95. The van der Waals surface area contributed by atoms with Crippen molar-refractivity contribution in [2.75, 3.05) is 67.6 Å². The van der Waals surface area contributed by atoms with Gasteiger partial charge in [0.25, 0.3) is 0 Å². The molecule has 0 atom stereocenters. The fourth-order valence-corrected chi connectivity index (χ4v) is 4.95. The van der Waals surface area contributed by atoms with Gasteiger partial charge in [0.15, 0.2) is 5.96 Å². The van der Waals surface area contributed by atoms with Crippen molar-refractivity contribution >= 4 is 29.1 Å². The van der Waals surface area contributed by atoms with E-state index < -0.39 is 0 Å². The van der Waals surface area contributed by atoms with E-state index in [9.17, 15) is 5.11 Å². The highest BCUT2D eigenvalue weighted by Crippen LogP contribution is 2.27. The molecule has 0 saturated carbocycles. The first kappa shape index (κ1) is 20.7. The number of hydrogen-bond acceptors (Lipinski definition) is 5. The SMILES string of the molecule is CN=C(NCc1ccc(N2CCSCC2)cc1)N1CCN(c2ccccc2O)CC1. The number of hydrogen-bond donors (Lipinski definition) is 2. The number of rotatable bonds is 4. The van der Waals surface area contributed by atoms with Crippen molar-refractivity contribution in [3.63, 3.8) is 0 Å². The number of nitrogens with zero attached hydrogens (tertiary/aromatic N) is 4. The molecular formula is C23H31N5OS. The van der Waals surface area contributed by atoms with E-state index in [0.717, 1.165) is 57.5 Å². The van der Waals surface area contributed by atoms with Gasteiger partial charge < -0.3 is 25.1 Å². The number of guanidine groups is 1. The molecule has 2 aromatic rings. The number of para-hydroxylation sites is 2. The van der Waals surface area contributed by atoms with E-state index >= 15 is 0 Å². The maximum absolute atomic E-state index is 10.1. The van der Waals surface area contributed by atoms with Crippen LogP contribution in [0.25, 0.3) is 0 Å². The Kier molecular flexibility index (Phi) is 6.89. The molecule has 0 aromatic heterocycles. The number of thioether (sulfide) groups is 1. The van der Waals surface area contributed by atoms with Crippen molar-refractivity contribution in [1.82, 2.24) is 10.2 Å². The first-order chi connectivity index (χ1) is 14.7. The molecule has 0 bridgehead atoms. The van der Waals surface area contributed by atoms with E-state index in [1.807, 2.05) is 37.0 Å². The van der Waals surface area contributed by atoms with Crippen molar-refractivity contribution in [2.45, 2.75) is 6.54 Å². The summed E-state index contributed by atoms with van der Waals surface area (Å²) in [6.07, 6.45) is 0. The quantitative estimate of drug-likeness (QED) is 0.580. The lowest BCUT2D eigenvalue weighted by molar-refractivity contribution is 0.369. The molecule has 2 saturated heterocycles. The first-order valence-corrected chi connectivity index (χ1v) is 11.8. The van der Waals surface area contributed by atoms with Gasteiger partial charge in [0, 0.05) is 70.1 Å². The Balaban J connectivity index is 1.28. The summed E-state index contributed by atoms with van der Waals surface area (Å²) in [5.74, 6) is 3.72. The lowest BCUT2D eigenvalue weighted by Gasteiger charge is -2.37. The second kappa shape index (κ2) is 9.98.